The fraction of sp³-hybridized carbons (Fsp3) is 0.529. The van der Waals surface area contributed by atoms with Crippen LogP contribution in [0.1, 0.15) is 31.4 Å². The lowest BCUT2D eigenvalue weighted by Crippen LogP contribution is -2.49. The molecule has 0 spiro atoms. The van der Waals surface area contributed by atoms with E-state index in [2.05, 4.69) is 0 Å². The second-order valence-electron chi connectivity index (χ2n) is 6.38. The third-order valence-electron chi connectivity index (χ3n) is 4.70. The molecule has 8 heteroatoms. The van der Waals surface area contributed by atoms with Gasteiger partial charge in [0.1, 0.15) is 17.8 Å². The number of halogens is 3. The van der Waals surface area contributed by atoms with Crippen LogP contribution in [0.2, 0.25) is 0 Å². The van der Waals surface area contributed by atoms with Gasteiger partial charge in [-0.2, -0.15) is 0 Å². The molecule has 3 rings (SSSR count). The third-order valence-corrected chi connectivity index (χ3v) is 4.70. The largest absolute Gasteiger partial charge is 0.340 e. The van der Waals surface area contributed by atoms with E-state index >= 15 is 0 Å². The number of hydrogen-bond donors (Lipinski definition) is 0. The maximum atomic E-state index is 14.4. The average molecular weight is 356 g/mol. The Balaban J connectivity index is 1.76. The minimum absolute atomic E-state index is 0.140. The summed E-state index contributed by atoms with van der Waals surface area (Å²) in [7, 11) is 0. The van der Waals surface area contributed by atoms with Gasteiger partial charge in [0, 0.05) is 26.0 Å². The first-order valence-electron chi connectivity index (χ1n) is 8.18. The van der Waals surface area contributed by atoms with E-state index in [1.807, 2.05) is 0 Å². The summed E-state index contributed by atoms with van der Waals surface area (Å²) in [6, 6.07) is 2.39. The van der Waals surface area contributed by atoms with Crippen LogP contribution in [0.3, 0.4) is 0 Å². The lowest BCUT2D eigenvalue weighted by molar-refractivity contribution is -0.186. The van der Waals surface area contributed by atoms with Crippen molar-refractivity contribution < 1.29 is 27.6 Å². The zero-order valence-corrected chi connectivity index (χ0v) is 13.8. The number of likely N-dealkylation sites (tertiary alicyclic amines) is 1. The van der Waals surface area contributed by atoms with Gasteiger partial charge in [-0.1, -0.05) is 0 Å². The number of piperidine rings is 1. The van der Waals surface area contributed by atoms with Crippen molar-refractivity contribution in [3.05, 3.63) is 35.4 Å². The van der Waals surface area contributed by atoms with Crippen molar-refractivity contribution in [1.29, 1.82) is 0 Å². The molecule has 0 aromatic heterocycles. The number of benzene rings is 1. The predicted octanol–water partition coefficient (Wildman–Crippen LogP) is 2.38. The first-order valence-corrected chi connectivity index (χ1v) is 8.18. The Morgan fingerprint density at radius 2 is 1.84 bits per heavy atom. The third kappa shape index (κ3) is 3.63. The van der Waals surface area contributed by atoms with Crippen LogP contribution in [0.5, 0.6) is 0 Å². The van der Waals surface area contributed by atoms with Gasteiger partial charge in [0.15, 0.2) is 0 Å². The van der Waals surface area contributed by atoms with E-state index in [9.17, 15) is 22.8 Å². The van der Waals surface area contributed by atoms with Gasteiger partial charge in [-0.15, -0.1) is 0 Å². The zero-order valence-electron chi connectivity index (χ0n) is 13.8. The van der Waals surface area contributed by atoms with Crippen LogP contribution < -0.4 is 0 Å². The molecule has 2 aliphatic rings. The van der Waals surface area contributed by atoms with E-state index in [1.165, 1.54) is 11.8 Å². The molecule has 2 aliphatic heterocycles. The predicted molar refractivity (Wildman–Crippen MR) is 81.8 cm³/mol. The van der Waals surface area contributed by atoms with Crippen molar-refractivity contribution in [2.24, 2.45) is 5.92 Å². The number of hydroxylamine groups is 2. The second-order valence-corrected chi connectivity index (χ2v) is 6.38. The molecule has 1 aromatic rings. The molecule has 2 fully saturated rings. The smallest absolute Gasteiger partial charge is 0.252 e. The van der Waals surface area contributed by atoms with Gasteiger partial charge in [-0.3, -0.25) is 14.4 Å². The molecule has 2 amide bonds. The molecule has 3 atom stereocenters. The van der Waals surface area contributed by atoms with E-state index < -0.39 is 35.7 Å². The number of nitrogens with zero attached hydrogens (tertiary/aromatic N) is 2. The van der Waals surface area contributed by atoms with Crippen LogP contribution in [0.25, 0.3) is 0 Å². The van der Waals surface area contributed by atoms with E-state index in [0.717, 1.165) is 23.3 Å². The summed E-state index contributed by atoms with van der Waals surface area (Å²) in [5, 5.41) is 1.04. The first-order chi connectivity index (χ1) is 11.9. The van der Waals surface area contributed by atoms with Crippen LogP contribution in [-0.4, -0.2) is 47.6 Å². The van der Waals surface area contributed by atoms with Crippen molar-refractivity contribution in [3.8, 4) is 0 Å². The van der Waals surface area contributed by atoms with E-state index in [4.69, 9.17) is 4.84 Å². The molecule has 2 saturated heterocycles. The monoisotopic (exact) mass is 356 g/mol. The Kier molecular flexibility index (Phi) is 4.99. The fourth-order valence-corrected chi connectivity index (χ4v) is 3.39. The Hall–Kier alpha value is -2.09. The average Bonchev–Trinajstić information content (AvgIpc) is 3.02. The number of carbonyl (C=O) groups excluding carboxylic acids is 2. The lowest BCUT2D eigenvalue weighted by Gasteiger charge is -2.35. The molecule has 0 N–H and O–H groups in total. The molecule has 0 aliphatic carbocycles. The number of alkyl halides is 1. The summed E-state index contributed by atoms with van der Waals surface area (Å²) in [5.41, 5.74) is 0.278. The molecular formula is C17H19F3N2O3. The van der Waals surface area contributed by atoms with Crippen molar-refractivity contribution in [3.63, 3.8) is 0 Å². The van der Waals surface area contributed by atoms with Crippen LogP contribution in [0.4, 0.5) is 13.2 Å². The second kappa shape index (κ2) is 7.03. The summed E-state index contributed by atoms with van der Waals surface area (Å²) >= 11 is 0. The number of rotatable bonds is 2. The molecule has 0 saturated carbocycles. The Bertz CT molecular complexity index is 665. The van der Waals surface area contributed by atoms with Gasteiger partial charge >= 0.3 is 0 Å². The molecule has 0 radical (unpaired) electrons. The molecular weight excluding hydrogens is 337 g/mol. The van der Waals surface area contributed by atoms with Crippen molar-refractivity contribution in [2.75, 3.05) is 19.7 Å². The van der Waals surface area contributed by atoms with Crippen molar-refractivity contribution >= 4 is 11.8 Å². The highest BCUT2D eigenvalue weighted by atomic mass is 19.1. The lowest BCUT2D eigenvalue weighted by atomic mass is 9.93. The highest BCUT2D eigenvalue weighted by molar-refractivity contribution is 5.80. The number of hydrogen-bond acceptors (Lipinski definition) is 3. The summed E-state index contributed by atoms with van der Waals surface area (Å²) < 4.78 is 41.3. The summed E-state index contributed by atoms with van der Waals surface area (Å²) in [6.07, 6.45) is -0.944. The van der Waals surface area contributed by atoms with E-state index in [1.54, 1.807) is 0 Å². The van der Waals surface area contributed by atoms with E-state index in [0.29, 0.717) is 13.0 Å². The minimum Gasteiger partial charge on any atom is -0.340 e. The Morgan fingerprint density at radius 1 is 1.16 bits per heavy atom. The molecule has 136 valence electrons. The zero-order chi connectivity index (χ0) is 18.1. The normalized spacial score (nSPS) is 26.8. The van der Waals surface area contributed by atoms with Gasteiger partial charge in [0.2, 0.25) is 5.91 Å². The minimum atomic E-state index is -1.50. The van der Waals surface area contributed by atoms with Crippen LogP contribution >= 0.6 is 0 Å². The molecule has 0 unspecified atom stereocenters. The van der Waals surface area contributed by atoms with E-state index in [-0.39, 0.29) is 31.0 Å². The SMILES string of the molecule is CC(=O)N1CC[C@@H](C(=O)N2OCC[C@@H]2c2cc(F)cc(F)c2)[C@@H](F)C1. The maximum Gasteiger partial charge on any atom is 0.252 e. The highest BCUT2D eigenvalue weighted by Gasteiger charge is 2.42. The number of amides is 2. The standard InChI is InChI=1S/C17H19F3N2O3/c1-10(23)21-4-2-14(15(20)9-21)17(24)22-16(3-5-25-22)11-6-12(18)8-13(19)7-11/h6-8,14-16H,2-5,9H2,1H3/t14-,15+,16-/m1/s1. The Morgan fingerprint density at radius 3 is 2.44 bits per heavy atom. The summed E-state index contributed by atoms with van der Waals surface area (Å²) in [4.78, 5) is 30.7. The first kappa shape index (κ1) is 17.7. The maximum absolute atomic E-state index is 14.4. The van der Waals surface area contributed by atoms with Gasteiger partial charge in [0.25, 0.3) is 5.91 Å². The highest BCUT2D eigenvalue weighted by Crippen LogP contribution is 2.34. The van der Waals surface area contributed by atoms with Gasteiger partial charge in [-0.05, 0) is 24.1 Å². The van der Waals surface area contributed by atoms with Crippen molar-refractivity contribution in [1.82, 2.24) is 9.96 Å². The molecule has 1 aromatic carbocycles. The van der Waals surface area contributed by atoms with Crippen LogP contribution in [0.15, 0.2) is 18.2 Å². The number of carbonyl (C=O) groups is 2. The summed E-state index contributed by atoms with van der Waals surface area (Å²) in [5.74, 6) is -3.21. The van der Waals surface area contributed by atoms with Crippen molar-refractivity contribution in [2.45, 2.75) is 32.0 Å². The molecule has 5 nitrogen and oxygen atoms in total. The topological polar surface area (TPSA) is 49.9 Å². The molecule has 2 heterocycles. The van der Waals surface area contributed by atoms with Gasteiger partial charge in [-0.25, -0.2) is 18.2 Å². The molecule has 0 bridgehead atoms. The Labute approximate surface area is 143 Å². The van der Waals surface area contributed by atoms with Gasteiger partial charge in [0.05, 0.1) is 25.1 Å². The fourth-order valence-electron chi connectivity index (χ4n) is 3.39. The van der Waals surface area contributed by atoms with Crippen LogP contribution in [0, 0.1) is 17.6 Å². The quantitative estimate of drug-likeness (QED) is 0.818. The molecule has 25 heavy (non-hydrogen) atoms. The van der Waals surface area contributed by atoms with Gasteiger partial charge < -0.3 is 4.90 Å². The van der Waals surface area contributed by atoms with Crippen LogP contribution in [-0.2, 0) is 14.4 Å². The summed E-state index contributed by atoms with van der Waals surface area (Å²) in [6.45, 7) is 1.71.